The van der Waals surface area contributed by atoms with Crippen molar-refractivity contribution in [2.24, 2.45) is 0 Å². The smallest absolute Gasteiger partial charge is 0.328 e. The van der Waals surface area contributed by atoms with Crippen LogP contribution in [0.25, 0.3) is 0 Å². The Kier molecular flexibility index (Phi) is 11.5. The topological polar surface area (TPSA) is 170 Å². The van der Waals surface area contributed by atoms with Crippen LogP contribution in [0.15, 0.2) is 61.4 Å². The number of pyridine rings is 2. The molecule has 4 saturated heterocycles. The van der Waals surface area contributed by atoms with Crippen molar-refractivity contribution < 1.29 is 9.59 Å². The monoisotopic (exact) mass is 802 g/mol. The standard InChI is InChI=1S/C21H28N8O.C20H26N8O/c1-26-9-2-10-28(14-13-26)19-4-3-17-20(25-19)29(16-6-11-27(17)12-7-16)21(30)24-18-5-8-22-15-23-18;29-20(24-17-4-8-22-14-23-17)28-15-5-11-26(12-6-15)16-2-3-18(25-19(16)28)27-10-1-7-21-9-13-27/h3-5,8,15-16H,2,6-7,9-14H2,1H3,(H,22,23,24,30);2-4,8,14-15,21H,1,5-7,9-13H2,(H,22,23,24,29). The molecule has 0 atom stereocenters. The lowest BCUT2D eigenvalue weighted by Gasteiger charge is -2.31. The molecule has 12 heterocycles. The summed E-state index contributed by atoms with van der Waals surface area (Å²) in [4.78, 5) is 68.2. The number of nitrogens with one attached hydrogen (secondary N) is 3. The number of rotatable bonds is 4. The SMILES string of the molecule is CN1CCCN(c2ccc3c(n2)N(C(=O)Nc2ccncn2)C2CCN3CC2)CC1.O=C(Nc1ccncn1)N1c2nc(N3CCCNCC3)ccc2N2CCC1CC2. The third kappa shape index (κ3) is 8.50. The van der Waals surface area contributed by atoms with Crippen LogP contribution in [-0.4, -0.2) is 145 Å². The van der Waals surface area contributed by atoms with E-state index in [2.05, 4.69) is 91.7 Å². The van der Waals surface area contributed by atoms with Gasteiger partial charge in [0.25, 0.3) is 0 Å². The van der Waals surface area contributed by atoms with Gasteiger partial charge in [-0.1, -0.05) is 0 Å². The molecule has 0 spiro atoms. The predicted molar refractivity (Wildman–Crippen MR) is 230 cm³/mol. The molecule has 0 unspecified atom stereocenters. The van der Waals surface area contributed by atoms with Gasteiger partial charge in [-0.15, -0.1) is 0 Å². The molecule has 4 fully saturated rings. The Hall–Kier alpha value is -5.88. The second kappa shape index (κ2) is 17.5. The number of urea groups is 2. The highest BCUT2D eigenvalue weighted by Gasteiger charge is 2.39. The number of likely N-dealkylation sites (N-methyl/N-ethyl adjacent to an activating group) is 1. The van der Waals surface area contributed by atoms with Gasteiger partial charge < -0.3 is 29.8 Å². The van der Waals surface area contributed by atoms with Crippen LogP contribution < -0.4 is 45.3 Å². The fourth-order valence-corrected chi connectivity index (χ4v) is 9.08. The van der Waals surface area contributed by atoms with Gasteiger partial charge in [0.15, 0.2) is 11.6 Å². The number of amides is 4. The summed E-state index contributed by atoms with van der Waals surface area (Å²) in [6, 6.07) is 11.8. The molecule has 59 heavy (non-hydrogen) atoms. The zero-order chi connectivity index (χ0) is 40.1. The summed E-state index contributed by atoms with van der Waals surface area (Å²) in [6.07, 6.45) is 12.1. The maximum Gasteiger partial charge on any atom is 0.328 e. The Morgan fingerprint density at radius 3 is 1.63 bits per heavy atom. The van der Waals surface area contributed by atoms with Crippen LogP contribution in [0.2, 0.25) is 0 Å². The van der Waals surface area contributed by atoms with Crippen LogP contribution in [0.4, 0.5) is 55.9 Å². The zero-order valence-corrected chi connectivity index (χ0v) is 33.8. The van der Waals surface area contributed by atoms with Crippen molar-refractivity contribution in [2.75, 3.05) is 126 Å². The highest BCUT2D eigenvalue weighted by molar-refractivity contribution is 6.04. The molecular weight excluding hydrogens is 749 g/mol. The summed E-state index contributed by atoms with van der Waals surface area (Å²) >= 11 is 0. The molecule has 0 aliphatic carbocycles. The van der Waals surface area contributed by atoms with E-state index < -0.39 is 0 Å². The van der Waals surface area contributed by atoms with Gasteiger partial charge in [-0.05, 0) is 95.1 Å². The number of hydrogen-bond acceptors (Lipinski definition) is 14. The summed E-state index contributed by atoms with van der Waals surface area (Å²) in [5.74, 6) is 4.41. The largest absolute Gasteiger partial charge is 0.368 e. The lowest BCUT2D eigenvalue weighted by molar-refractivity contribution is 0.252. The van der Waals surface area contributed by atoms with Gasteiger partial charge in [-0.2, -0.15) is 0 Å². The minimum absolute atomic E-state index is 0.141. The first-order chi connectivity index (χ1) is 29.0. The summed E-state index contributed by atoms with van der Waals surface area (Å²) in [5.41, 5.74) is 2.09. The fourth-order valence-electron chi connectivity index (χ4n) is 9.08. The average molecular weight is 803 g/mol. The molecule has 12 rings (SSSR count). The van der Waals surface area contributed by atoms with Gasteiger partial charge in [0.2, 0.25) is 0 Å². The number of anilines is 8. The van der Waals surface area contributed by atoms with Crippen molar-refractivity contribution in [2.45, 2.75) is 50.6 Å². The Morgan fingerprint density at radius 2 is 1.10 bits per heavy atom. The molecule has 3 N–H and O–H groups in total. The van der Waals surface area contributed by atoms with Gasteiger partial charge in [-0.3, -0.25) is 20.4 Å². The third-order valence-corrected chi connectivity index (χ3v) is 12.3. The molecule has 4 aromatic rings. The van der Waals surface area contributed by atoms with Crippen molar-refractivity contribution in [3.8, 4) is 0 Å². The predicted octanol–water partition coefficient (Wildman–Crippen LogP) is 3.73. The van der Waals surface area contributed by atoms with E-state index >= 15 is 0 Å². The molecule has 8 aliphatic heterocycles. The lowest BCUT2D eigenvalue weighted by Crippen LogP contribution is -2.46. The zero-order valence-electron chi connectivity index (χ0n) is 33.8. The normalized spacial score (nSPS) is 19.7. The molecule has 4 amide bonds. The quantitative estimate of drug-likeness (QED) is 0.273. The number of aromatic nitrogens is 6. The molecule has 18 heteroatoms. The molecule has 4 aromatic heterocycles. The second-order valence-corrected chi connectivity index (χ2v) is 16.0. The fraction of sp³-hybridized carbons (Fsp3) is 0.512. The van der Waals surface area contributed by atoms with Crippen LogP contribution in [-0.2, 0) is 0 Å². The first-order valence-corrected chi connectivity index (χ1v) is 21.1. The number of nitrogens with zero attached hydrogens (tertiary/aromatic N) is 13. The van der Waals surface area contributed by atoms with Gasteiger partial charge >= 0.3 is 12.1 Å². The first-order valence-electron chi connectivity index (χ1n) is 21.1. The molecule has 310 valence electrons. The summed E-state index contributed by atoms with van der Waals surface area (Å²) in [6.45, 7) is 11.7. The van der Waals surface area contributed by atoms with E-state index in [0.29, 0.717) is 11.6 Å². The first kappa shape index (κ1) is 38.6. The maximum absolute atomic E-state index is 13.3. The van der Waals surface area contributed by atoms with Crippen molar-refractivity contribution in [3.05, 3.63) is 61.4 Å². The van der Waals surface area contributed by atoms with E-state index in [1.54, 1.807) is 24.5 Å². The van der Waals surface area contributed by atoms with Crippen molar-refractivity contribution in [1.29, 1.82) is 0 Å². The van der Waals surface area contributed by atoms with Crippen LogP contribution in [0.1, 0.15) is 38.5 Å². The van der Waals surface area contributed by atoms with Crippen LogP contribution in [0.5, 0.6) is 0 Å². The van der Waals surface area contributed by atoms with E-state index in [0.717, 1.165) is 152 Å². The highest BCUT2D eigenvalue weighted by Crippen LogP contribution is 2.41. The van der Waals surface area contributed by atoms with Gasteiger partial charge in [-0.25, -0.2) is 39.5 Å². The van der Waals surface area contributed by atoms with Gasteiger partial charge in [0.05, 0.1) is 11.4 Å². The number of carbonyl (C=O) groups is 2. The third-order valence-electron chi connectivity index (χ3n) is 12.3. The molecule has 0 radical (unpaired) electrons. The molecule has 0 aromatic carbocycles. The van der Waals surface area contributed by atoms with Crippen molar-refractivity contribution in [3.63, 3.8) is 0 Å². The van der Waals surface area contributed by atoms with E-state index in [-0.39, 0.29) is 24.1 Å². The minimum Gasteiger partial charge on any atom is -0.368 e. The summed E-state index contributed by atoms with van der Waals surface area (Å²) in [7, 11) is 2.16. The molecule has 18 nitrogen and oxygen atoms in total. The van der Waals surface area contributed by atoms with Crippen LogP contribution in [0, 0.1) is 0 Å². The minimum atomic E-state index is -0.180. The number of carbonyl (C=O) groups excluding carboxylic acids is 2. The summed E-state index contributed by atoms with van der Waals surface area (Å²) < 4.78 is 0. The Bertz CT molecular complexity index is 2050. The number of piperidine rings is 2. The molecule has 0 saturated carbocycles. The van der Waals surface area contributed by atoms with E-state index in [9.17, 15) is 9.59 Å². The Balaban J connectivity index is 0.000000152. The molecule has 8 aliphatic rings. The molecule has 4 bridgehead atoms. The average Bonchev–Trinajstić information content (AvgIpc) is 3.87. The Morgan fingerprint density at radius 1 is 0.576 bits per heavy atom. The number of hydrogen-bond donors (Lipinski definition) is 3. The highest BCUT2D eigenvalue weighted by atomic mass is 16.2. The maximum atomic E-state index is 13.3. The van der Waals surface area contributed by atoms with E-state index in [1.165, 1.54) is 12.7 Å². The Labute approximate surface area is 345 Å². The molecular formula is C41H54N16O2. The van der Waals surface area contributed by atoms with Crippen LogP contribution in [0.3, 0.4) is 0 Å². The van der Waals surface area contributed by atoms with Crippen molar-refractivity contribution in [1.82, 2.24) is 40.1 Å². The van der Waals surface area contributed by atoms with E-state index in [4.69, 9.17) is 9.97 Å². The van der Waals surface area contributed by atoms with Gasteiger partial charge in [0, 0.05) is 89.9 Å². The van der Waals surface area contributed by atoms with E-state index in [1.807, 2.05) is 9.80 Å². The van der Waals surface area contributed by atoms with Crippen LogP contribution >= 0.6 is 0 Å². The lowest BCUT2D eigenvalue weighted by atomic mass is 10.1. The number of fused-ring (bicyclic) bond motifs is 4. The summed E-state index contributed by atoms with van der Waals surface area (Å²) in [5, 5.41) is 9.29. The second-order valence-electron chi connectivity index (χ2n) is 16.0. The van der Waals surface area contributed by atoms with Crippen molar-refractivity contribution >= 4 is 58.3 Å². The van der Waals surface area contributed by atoms with Gasteiger partial charge in [0.1, 0.15) is 35.9 Å².